The van der Waals surface area contributed by atoms with E-state index in [1.54, 1.807) is 11.9 Å². The minimum atomic E-state index is -2.28. The zero-order valence-corrected chi connectivity index (χ0v) is 9.22. The standard InChI is InChI=1S/C10H18F2N2O/c1-10(9(15)13-2)3-5-14(6-4-10)7-8(11)12/h8H,3-7H2,1-2H3,(H,13,15). The van der Waals surface area contributed by atoms with E-state index < -0.39 is 6.43 Å². The zero-order chi connectivity index (χ0) is 11.5. The fourth-order valence-electron chi connectivity index (χ4n) is 1.95. The average molecular weight is 220 g/mol. The third-order valence-corrected chi connectivity index (χ3v) is 3.13. The largest absolute Gasteiger partial charge is 0.359 e. The molecule has 1 N–H and O–H groups in total. The Kier molecular flexibility index (Phi) is 4.02. The molecule has 15 heavy (non-hydrogen) atoms. The molecule has 1 amide bonds. The molecule has 0 atom stereocenters. The van der Waals surface area contributed by atoms with Crippen molar-refractivity contribution in [2.24, 2.45) is 5.41 Å². The van der Waals surface area contributed by atoms with Crippen LogP contribution in [0.3, 0.4) is 0 Å². The Morgan fingerprint density at radius 1 is 1.47 bits per heavy atom. The van der Waals surface area contributed by atoms with Gasteiger partial charge >= 0.3 is 0 Å². The Bertz CT molecular complexity index is 225. The van der Waals surface area contributed by atoms with Crippen molar-refractivity contribution in [3.8, 4) is 0 Å². The molecule has 1 saturated heterocycles. The number of alkyl halides is 2. The summed E-state index contributed by atoms with van der Waals surface area (Å²) in [6.07, 6.45) is -0.979. The van der Waals surface area contributed by atoms with Gasteiger partial charge < -0.3 is 5.32 Å². The van der Waals surface area contributed by atoms with Gasteiger partial charge in [0, 0.05) is 12.5 Å². The SMILES string of the molecule is CNC(=O)C1(C)CCN(CC(F)F)CC1. The number of carbonyl (C=O) groups excluding carboxylic acids is 1. The summed E-state index contributed by atoms with van der Waals surface area (Å²) in [7, 11) is 1.61. The van der Waals surface area contributed by atoms with Crippen molar-refractivity contribution < 1.29 is 13.6 Å². The third kappa shape index (κ3) is 3.12. The Hall–Kier alpha value is -0.710. The maximum absolute atomic E-state index is 12.1. The highest BCUT2D eigenvalue weighted by Gasteiger charge is 2.36. The number of nitrogens with zero attached hydrogens (tertiary/aromatic N) is 1. The number of piperidine rings is 1. The topological polar surface area (TPSA) is 32.3 Å². The Balaban J connectivity index is 2.44. The van der Waals surface area contributed by atoms with Gasteiger partial charge in [0.1, 0.15) is 0 Å². The van der Waals surface area contributed by atoms with Crippen LogP contribution in [0.5, 0.6) is 0 Å². The predicted molar refractivity (Wildman–Crippen MR) is 53.9 cm³/mol. The summed E-state index contributed by atoms with van der Waals surface area (Å²) in [4.78, 5) is 13.3. The molecule has 1 rings (SSSR count). The maximum Gasteiger partial charge on any atom is 0.251 e. The van der Waals surface area contributed by atoms with Gasteiger partial charge in [-0.05, 0) is 25.9 Å². The van der Waals surface area contributed by atoms with E-state index in [0.717, 1.165) is 0 Å². The summed E-state index contributed by atoms with van der Waals surface area (Å²) >= 11 is 0. The molecular weight excluding hydrogens is 202 g/mol. The molecule has 1 heterocycles. The number of nitrogens with one attached hydrogen (secondary N) is 1. The van der Waals surface area contributed by atoms with Crippen molar-refractivity contribution in [3.05, 3.63) is 0 Å². The predicted octanol–water partition coefficient (Wildman–Crippen LogP) is 1.10. The molecule has 0 radical (unpaired) electrons. The maximum atomic E-state index is 12.1. The first-order chi connectivity index (χ1) is 6.98. The van der Waals surface area contributed by atoms with Gasteiger partial charge in [-0.2, -0.15) is 0 Å². The molecule has 3 nitrogen and oxygen atoms in total. The summed E-state index contributed by atoms with van der Waals surface area (Å²) in [5, 5.41) is 2.63. The van der Waals surface area contributed by atoms with Crippen molar-refractivity contribution in [2.45, 2.75) is 26.2 Å². The molecule has 0 aliphatic carbocycles. The summed E-state index contributed by atoms with van der Waals surface area (Å²) in [6.45, 7) is 2.87. The molecular formula is C10H18F2N2O. The average Bonchev–Trinajstić information content (AvgIpc) is 2.20. The summed E-state index contributed by atoms with van der Waals surface area (Å²) in [6, 6.07) is 0. The lowest BCUT2D eigenvalue weighted by atomic mass is 9.79. The van der Waals surface area contributed by atoms with Crippen molar-refractivity contribution >= 4 is 5.91 Å². The van der Waals surface area contributed by atoms with Crippen LogP contribution in [0.2, 0.25) is 0 Å². The summed E-state index contributed by atoms with van der Waals surface area (Å²) < 4.78 is 24.2. The van der Waals surface area contributed by atoms with E-state index >= 15 is 0 Å². The molecule has 0 bridgehead atoms. The number of amides is 1. The second-order valence-corrected chi connectivity index (χ2v) is 4.33. The van der Waals surface area contributed by atoms with Gasteiger partial charge in [0.2, 0.25) is 5.91 Å². The molecule has 1 fully saturated rings. The van der Waals surface area contributed by atoms with E-state index in [2.05, 4.69) is 5.32 Å². The Labute approximate surface area is 88.8 Å². The zero-order valence-electron chi connectivity index (χ0n) is 9.22. The smallest absolute Gasteiger partial charge is 0.251 e. The number of halogens is 2. The lowest BCUT2D eigenvalue weighted by Crippen LogP contribution is -2.47. The fourth-order valence-corrected chi connectivity index (χ4v) is 1.95. The molecule has 1 aliphatic heterocycles. The second kappa shape index (κ2) is 4.88. The molecule has 0 saturated carbocycles. The van der Waals surface area contributed by atoms with Crippen LogP contribution in [-0.2, 0) is 4.79 Å². The molecule has 1 aliphatic rings. The Morgan fingerprint density at radius 2 is 2.00 bits per heavy atom. The lowest BCUT2D eigenvalue weighted by Gasteiger charge is -2.37. The lowest BCUT2D eigenvalue weighted by molar-refractivity contribution is -0.132. The summed E-state index contributed by atoms with van der Waals surface area (Å²) in [5.74, 6) is 0.0131. The van der Waals surface area contributed by atoms with Crippen LogP contribution in [0.15, 0.2) is 0 Å². The molecule has 88 valence electrons. The van der Waals surface area contributed by atoms with Gasteiger partial charge in [-0.15, -0.1) is 0 Å². The summed E-state index contributed by atoms with van der Waals surface area (Å²) in [5.41, 5.74) is -0.382. The number of hydrogen-bond donors (Lipinski definition) is 1. The van der Waals surface area contributed by atoms with Crippen LogP contribution in [0.25, 0.3) is 0 Å². The van der Waals surface area contributed by atoms with Crippen LogP contribution in [0, 0.1) is 5.41 Å². The van der Waals surface area contributed by atoms with Gasteiger partial charge in [-0.25, -0.2) is 8.78 Å². The molecule has 0 aromatic carbocycles. The third-order valence-electron chi connectivity index (χ3n) is 3.13. The van der Waals surface area contributed by atoms with Gasteiger partial charge in [0.25, 0.3) is 6.43 Å². The van der Waals surface area contributed by atoms with Crippen LogP contribution < -0.4 is 5.32 Å². The van der Waals surface area contributed by atoms with E-state index in [4.69, 9.17) is 0 Å². The Morgan fingerprint density at radius 3 is 2.40 bits per heavy atom. The molecule has 5 heteroatoms. The molecule has 0 aromatic rings. The van der Waals surface area contributed by atoms with Crippen molar-refractivity contribution in [1.29, 1.82) is 0 Å². The monoisotopic (exact) mass is 220 g/mol. The van der Waals surface area contributed by atoms with E-state index in [9.17, 15) is 13.6 Å². The fraction of sp³-hybridized carbons (Fsp3) is 0.900. The van der Waals surface area contributed by atoms with Crippen molar-refractivity contribution in [1.82, 2.24) is 10.2 Å². The van der Waals surface area contributed by atoms with Crippen LogP contribution in [-0.4, -0.2) is 43.9 Å². The van der Waals surface area contributed by atoms with E-state index in [-0.39, 0.29) is 17.9 Å². The van der Waals surface area contributed by atoms with Crippen LogP contribution in [0.4, 0.5) is 8.78 Å². The minimum Gasteiger partial charge on any atom is -0.359 e. The quantitative estimate of drug-likeness (QED) is 0.772. The normalized spacial score (nSPS) is 21.7. The first kappa shape index (κ1) is 12.4. The molecule has 0 spiro atoms. The molecule has 0 unspecified atom stereocenters. The van der Waals surface area contributed by atoms with Crippen LogP contribution in [0.1, 0.15) is 19.8 Å². The number of carbonyl (C=O) groups is 1. The number of hydrogen-bond acceptors (Lipinski definition) is 2. The number of likely N-dealkylation sites (tertiary alicyclic amines) is 1. The number of rotatable bonds is 3. The van der Waals surface area contributed by atoms with Crippen molar-refractivity contribution in [2.75, 3.05) is 26.7 Å². The van der Waals surface area contributed by atoms with Gasteiger partial charge in [-0.3, -0.25) is 9.69 Å². The molecule has 0 aromatic heterocycles. The first-order valence-electron chi connectivity index (χ1n) is 5.20. The van der Waals surface area contributed by atoms with E-state index in [1.807, 2.05) is 6.92 Å². The highest BCUT2D eigenvalue weighted by Crippen LogP contribution is 2.31. The second-order valence-electron chi connectivity index (χ2n) is 4.33. The highest BCUT2D eigenvalue weighted by atomic mass is 19.3. The van der Waals surface area contributed by atoms with Crippen molar-refractivity contribution in [3.63, 3.8) is 0 Å². The van der Waals surface area contributed by atoms with E-state index in [0.29, 0.717) is 25.9 Å². The van der Waals surface area contributed by atoms with Gasteiger partial charge in [0.05, 0.1) is 6.54 Å². The van der Waals surface area contributed by atoms with Gasteiger partial charge in [0.15, 0.2) is 0 Å². The van der Waals surface area contributed by atoms with Crippen LogP contribution >= 0.6 is 0 Å². The van der Waals surface area contributed by atoms with E-state index in [1.165, 1.54) is 0 Å². The minimum absolute atomic E-state index is 0.0131. The first-order valence-corrected chi connectivity index (χ1v) is 5.20. The van der Waals surface area contributed by atoms with Gasteiger partial charge in [-0.1, -0.05) is 6.92 Å². The highest BCUT2D eigenvalue weighted by molar-refractivity contribution is 5.82.